The average molecular weight is 254 g/mol. The van der Waals surface area contributed by atoms with E-state index < -0.39 is 5.97 Å². The number of carbonyl (C=O) groups excluding carboxylic acids is 1. The Bertz CT molecular complexity index is 315. The molecule has 0 aromatic carbocycles. The van der Waals surface area contributed by atoms with E-state index in [0.717, 1.165) is 19.3 Å². The first-order valence-corrected chi connectivity index (χ1v) is 6.49. The van der Waals surface area contributed by atoms with Gasteiger partial charge in [0.2, 0.25) is 0 Å². The van der Waals surface area contributed by atoms with Crippen molar-refractivity contribution in [3.8, 4) is 0 Å². The van der Waals surface area contributed by atoms with Gasteiger partial charge in [0.05, 0.1) is 0 Å². The minimum atomic E-state index is -0.791. The van der Waals surface area contributed by atoms with Gasteiger partial charge in [0, 0.05) is 19.0 Å². The highest BCUT2D eigenvalue weighted by Crippen LogP contribution is 2.10. The molecule has 18 heavy (non-hydrogen) atoms. The summed E-state index contributed by atoms with van der Waals surface area (Å²) in [5.74, 6) is -0.613. The van der Waals surface area contributed by atoms with Crippen LogP contribution in [0.25, 0.3) is 0 Å². The first-order chi connectivity index (χ1) is 8.58. The third kappa shape index (κ3) is 6.27. The Balaban J connectivity index is 2.12. The van der Waals surface area contributed by atoms with E-state index in [1.165, 1.54) is 0 Å². The fourth-order valence-electron chi connectivity index (χ4n) is 1.90. The van der Waals surface area contributed by atoms with E-state index in [-0.39, 0.29) is 24.4 Å². The van der Waals surface area contributed by atoms with Crippen molar-refractivity contribution >= 4 is 12.0 Å². The van der Waals surface area contributed by atoms with Crippen LogP contribution in [0.2, 0.25) is 0 Å². The van der Waals surface area contributed by atoms with Crippen LogP contribution in [0.4, 0.5) is 4.79 Å². The maximum atomic E-state index is 11.6. The molecule has 0 fully saturated rings. The molecule has 0 saturated heterocycles. The fourth-order valence-corrected chi connectivity index (χ4v) is 1.90. The van der Waals surface area contributed by atoms with Gasteiger partial charge in [0.1, 0.15) is 0 Å². The largest absolute Gasteiger partial charge is 0.481 e. The predicted molar refractivity (Wildman–Crippen MR) is 69.3 cm³/mol. The lowest BCUT2D eigenvalue weighted by Gasteiger charge is -2.20. The topological polar surface area (TPSA) is 78.4 Å². The molecular formula is C13H22N2O3. The van der Waals surface area contributed by atoms with Crippen LogP contribution in [-0.4, -0.2) is 29.7 Å². The zero-order valence-electron chi connectivity index (χ0n) is 10.8. The van der Waals surface area contributed by atoms with E-state index in [9.17, 15) is 9.59 Å². The third-order valence-electron chi connectivity index (χ3n) is 3.07. The lowest BCUT2D eigenvalue weighted by Crippen LogP contribution is -2.43. The smallest absolute Gasteiger partial charge is 0.315 e. The minimum Gasteiger partial charge on any atom is -0.481 e. The third-order valence-corrected chi connectivity index (χ3v) is 3.07. The van der Waals surface area contributed by atoms with E-state index in [0.29, 0.717) is 13.0 Å². The van der Waals surface area contributed by atoms with Crippen molar-refractivity contribution in [1.29, 1.82) is 0 Å². The van der Waals surface area contributed by atoms with Crippen LogP contribution in [0, 0.1) is 5.92 Å². The molecule has 1 aliphatic carbocycles. The second kappa shape index (κ2) is 7.74. The van der Waals surface area contributed by atoms with Crippen LogP contribution in [-0.2, 0) is 4.79 Å². The molecular weight excluding hydrogens is 232 g/mol. The highest BCUT2D eigenvalue weighted by molar-refractivity contribution is 5.74. The van der Waals surface area contributed by atoms with Gasteiger partial charge in [-0.05, 0) is 31.6 Å². The zero-order valence-corrected chi connectivity index (χ0v) is 10.8. The Morgan fingerprint density at radius 3 is 2.83 bits per heavy atom. The highest BCUT2D eigenvalue weighted by atomic mass is 16.4. The number of aliphatic carboxylic acids is 1. The standard InChI is InChI=1S/C13H22N2O3/c1-10(7-8-12(16)17)9-14-13(18)15-11-5-3-2-4-6-11/h2-3,10-11H,4-9H2,1H3,(H,16,17)(H2,14,15,18). The second-order valence-corrected chi connectivity index (χ2v) is 4.87. The molecule has 0 heterocycles. The van der Waals surface area contributed by atoms with Crippen molar-refractivity contribution in [3.63, 3.8) is 0 Å². The SMILES string of the molecule is CC(CCC(=O)O)CNC(=O)NC1CC=CCC1. The van der Waals surface area contributed by atoms with E-state index in [2.05, 4.69) is 22.8 Å². The van der Waals surface area contributed by atoms with Gasteiger partial charge in [-0.15, -0.1) is 0 Å². The Kier molecular flexibility index (Phi) is 6.25. The van der Waals surface area contributed by atoms with Gasteiger partial charge in [-0.1, -0.05) is 19.1 Å². The number of urea groups is 1. The summed E-state index contributed by atoms with van der Waals surface area (Å²) in [5.41, 5.74) is 0. The molecule has 3 N–H and O–H groups in total. The van der Waals surface area contributed by atoms with Crippen LogP contribution in [0.1, 0.15) is 39.0 Å². The second-order valence-electron chi connectivity index (χ2n) is 4.87. The Labute approximate surface area is 108 Å². The van der Waals surface area contributed by atoms with Gasteiger partial charge in [0.25, 0.3) is 0 Å². The molecule has 2 amide bonds. The molecule has 2 atom stereocenters. The van der Waals surface area contributed by atoms with Crippen molar-refractivity contribution in [2.75, 3.05) is 6.54 Å². The van der Waals surface area contributed by atoms with Gasteiger partial charge in [0.15, 0.2) is 0 Å². The summed E-state index contributed by atoms with van der Waals surface area (Å²) in [6.45, 7) is 2.45. The molecule has 1 rings (SSSR count). The van der Waals surface area contributed by atoms with E-state index >= 15 is 0 Å². The van der Waals surface area contributed by atoms with Gasteiger partial charge >= 0.3 is 12.0 Å². The van der Waals surface area contributed by atoms with Crippen LogP contribution in [0.5, 0.6) is 0 Å². The Hall–Kier alpha value is -1.52. The molecule has 0 radical (unpaired) electrons. The minimum absolute atomic E-state index is 0.151. The lowest BCUT2D eigenvalue weighted by atomic mass is 10.0. The molecule has 0 aliphatic heterocycles. The van der Waals surface area contributed by atoms with Gasteiger partial charge in [-0.25, -0.2) is 4.79 Å². The van der Waals surface area contributed by atoms with Crippen molar-refractivity contribution in [1.82, 2.24) is 10.6 Å². The Morgan fingerprint density at radius 2 is 2.22 bits per heavy atom. The number of amides is 2. The number of carbonyl (C=O) groups is 2. The molecule has 102 valence electrons. The van der Waals surface area contributed by atoms with Crippen LogP contribution in [0.3, 0.4) is 0 Å². The maximum absolute atomic E-state index is 11.6. The maximum Gasteiger partial charge on any atom is 0.315 e. The summed E-state index contributed by atoms with van der Waals surface area (Å²) in [5, 5.41) is 14.3. The molecule has 2 unspecified atom stereocenters. The fraction of sp³-hybridized carbons (Fsp3) is 0.692. The molecule has 0 bridgehead atoms. The lowest BCUT2D eigenvalue weighted by molar-refractivity contribution is -0.137. The van der Waals surface area contributed by atoms with Crippen molar-refractivity contribution in [2.45, 2.75) is 45.1 Å². The summed E-state index contributed by atoms with van der Waals surface area (Å²) in [7, 11) is 0. The van der Waals surface area contributed by atoms with E-state index in [1.807, 2.05) is 6.92 Å². The van der Waals surface area contributed by atoms with E-state index in [4.69, 9.17) is 5.11 Å². The number of carboxylic acid groups (broad SMARTS) is 1. The van der Waals surface area contributed by atoms with Gasteiger partial charge < -0.3 is 15.7 Å². The zero-order chi connectivity index (χ0) is 13.4. The number of allylic oxidation sites excluding steroid dienone is 1. The molecule has 1 aliphatic rings. The molecule has 0 aromatic rings. The van der Waals surface area contributed by atoms with Gasteiger partial charge in [-0.3, -0.25) is 4.79 Å². The summed E-state index contributed by atoms with van der Waals surface area (Å²) in [6, 6.07) is 0.0711. The Morgan fingerprint density at radius 1 is 1.44 bits per heavy atom. The summed E-state index contributed by atoms with van der Waals surface area (Å²) < 4.78 is 0. The number of nitrogens with one attached hydrogen (secondary N) is 2. The van der Waals surface area contributed by atoms with Crippen LogP contribution in [0.15, 0.2) is 12.2 Å². The average Bonchev–Trinajstić information content (AvgIpc) is 2.35. The molecule has 5 heteroatoms. The monoisotopic (exact) mass is 254 g/mol. The predicted octanol–water partition coefficient (Wildman–Crippen LogP) is 1.90. The number of carboxylic acids is 1. The quantitative estimate of drug-likeness (QED) is 0.633. The summed E-state index contributed by atoms with van der Waals surface area (Å²) in [4.78, 5) is 22.0. The van der Waals surface area contributed by atoms with Crippen molar-refractivity contribution in [2.24, 2.45) is 5.92 Å². The molecule has 0 spiro atoms. The normalized spacial score (nSPS) is 20.2. The molecule has 0 aromatic heterocycles. The summed E-state index contributed by atoms with van der Waals surface area (Å²) >= 11 is 0. The molecule has 0 saturated carbocycles. The summed E-state index contributed by atoms with van der Waals surface area (Å²) in [6.07, 6.45) is 7.84. The van der Waals surface area contributed by atoms with E-state index in [1.54, 1.807) is 0 Å². The number of hydrogen-bond acceptors (Lipinski definition) is 2. The van der Waals surface area contributed by atoms with Crippen molar-refractivity contribution < 1.29 is 14.7 Å². The number of rotatable bonds is 6. The highest BCUT2D eigenvalue weighted by Gasteiger charge is 2.13. The van der Waals surface area contributed by atoms with Crippen LogP contribution < -0.4 is 10.6 Å². The van der Waals surface area contributed by atoms with Crippen molar-refractivity contribution in [3.05, 3.63) is 12.2 Å². The first-order valence-electron chi connectivity index (χ1n) is 6.49. The molecule has 5 nitrogen and oxygen atoms in total. The first kappa shape index (κ1) is 14.5. The number of hydrogen-bond donors (Lipinski definition) is 3. The van der Waals surface area contributed by atoms with Crippen LogP contribution >= 0.6 is 0 Å². The van der Waals surface area contributed by atoms with Gasteiger partial charge in [-0.2, -0.15) is 0 Å².